The first-order chi connectivity index (χ1) is 12.5. The highest BCUT2D eigenvalue weighted by molar-refractivity contribution is 5.89. The minimum atomic E-state index is -0.304. The van der Waals surface area contributed by atoms with Gasteiger partial charge in [0, 0.05) is 31.0 Å². The van der Waals surface area contributed by atoms with Crippen molar-refractivity contribution in [3.8, 4) is 11.3 Å². The van der Waals surface area contributed by atoms with Gasteiger partial charge in [-0.05, 0) is 30.2 Å². The summed E-state index contributed by atoms with van der Waals surface area (Å²) in [6, 6.07) is 7.76. The molecule has 7 heteroatoms. The molecule has 2 heterocycles. The quantitative estimate of drug-likeness (QED) is 0.697. The van der Waals surface area contributed by atoms with Gasteiger partial charge in [-0.1, -0.05) is 13.8 Å². The van der Waals surface area contributed by atoms with Crippen molar-refractivity contribution in [2.45, 2.75) is 33.2 Å². The normalized spacial score (nSPS) is 11.1. The van der Waals surface area contributed by atoms with Crippen LogP contribution in [-0.2, 0) is 17.8 Å². The van der Waals surface area contributed by atoms with Gasteiger partial charge in [-0.2, -0.15) is 5.10 Å². The maximum atomic E-state index is 13.0. The Bertz CT molecular complexity index is 868. The number of amides is 1. The molecule has 3 aromatic rings. The molecule has 0 radical (unpaired) electrons. The minimum Gasteiger partial charge on any atom is -0.441 e. The summed E-state index contributed by atoms with van der Waals surface area (Å²) in [4.78, 5) is 16.4. The number of rotatable bonds is 7. The van der Waals surface area contributed by atoms with Crippen LogP contribution >= 0.6 is 0 Å². The van der Waals surface area contributed by atoms with Crippen LogP contribution in [0.2, 0.25) is 0 Å². The van der Waals surface area contributed by atoms with E-state index in [0.717, 1.165) is 12.1 Å². The Morgan fingerprint density at radius 1 is 1.27 bits per heavy atom. The van der Waals surface area contributed by atoms with Crippen LogP contribution in [0.1, 0.15) is 26.2 Å². The van der Waals surface area contributed by atoms with Crippen molar-refractivity contribution < 1.29 is 13.6 Å². The van der Waals surface area contributed by atoms with Gasteiger partial charge in [-0.3, -0.25) is 4.79 Å². The van der Waals surface area contributed by atoms with Crippen LogP contribution in [0.25, 0.3) is 11.3 Å². The zero-order chi connectivity index (χ0) is 18.5. The predicted octanol–water partition coefficient (Wildman–Crippen LogP) is 3.90. The first-order valence-corrected chi connectivity index (χ1v) is 8.53. The van der Waals surface area contributed by atoms with E-state index in [4.69, 9.17) is 4.42 Å². The Morgan fingerprint density at radius 2 is 2.04 bits per heavy atom. The van der Waals surface area contributed by atoms with Crippen LogP contribution in [-0.4, -0.2) is 20.7 Å². The summed E-state index contributed by atoms with van der Waals surface area (Å²) in [5, 5.41) is 7.08. The van der Waals surface area contributed by atoms with Gasteiger partial charge in [0.1, 0.15) is 11.6 Å². The monoisotopic (exact) mass is 356 g/mol. The number of halogens is 1. The zero-order valence-electron chi connectivity index (χ0n) is 14.8. The summed E-state index contributed by atoms with van der Waals surface area (Å²) in [5.41, 5.74) is 0.743. The van der Waals surface area contributed by atoms with E-state index in [2.05, 4.69) is 29.2 Å². The molecular weight excluding hydrogens is 335 g/mol. The number of oxazole rings is 1. The van der Waals surface area contributed by atoms with Crippen molar-refractivity contribution in [3.63, 3.8) is 0 Å². The van der Waals surface area contributed by atoms with E-state index in [1.165, 1.54) is 12.1 Å². The number of hydrogen-bond acceptors (Lipinski definition) is 4. The van der Waals surface area contributed by atoms with Crippen LogP contribution in [0.4, 0.5) is 10.2 Å². The Morgan fingerprint density at radius 3 is 2.77 bits per heavy atom. The fourth-order valence-electron chi connectivity index (χ4n) is 2.53. The molecule has 0 saturated carbocycles. The molecule has 0 spiro atoms. The lowest BCUT2D eigenvalue weighted by atomic mass is 10.2. The molecule has 3 rings (SSSR count). The molecule has 26 heavy (non-hydrogen) atoms. The summed E-state index contributed by atoms with van der Waals surface area (Å²) < 4.78 is 20.4. The molecule has 0 aliphatic carbocycles. The molecule has 0 aliphatic heterocycles. The third-order valence-corrected chi connectivity index (χ3v) is 3.77. The van der Waals surface area contributed by atoms with E-state index in [0.29, 0.717) is 29.8 Å². The van der Waals surface area contributed by atoms with Gasteiger partial charge in [-0.15, -0.1) is 0 Å². The largest absolute Gasteiger partial charge is 0.441 e. The average molecular weight is 356 g/mol. The maximum Gasteiger partial charge on any atom is 0.226 e. The summed E-state index contributed by atoms with van der Waals surface area (Å²) in [5.74, 6) is 1.70. The molecule has 6 nitrogen and oxygen atoms in total. The second-order valence-electron chi connectivity index (χ2n) is 6.47. The molecule has 136 valence electrons. The predicted molar refractivity (Wildman–Crippen MR) is 95.9 cm³/mol. The van der Waals surface area contributed by atoms with Gasteiger partial charge < -0.3 is 9.73 Å². The fraction of sp³-hybridized carbons (Fsp3) is 0.316. The van der Waals surface area contributed by atoms with E-state index in [1.807, 2.05) is 0 Å². The first kappa shape index (κ1) is 17.8. The standard InChI is InChI=1S/C19H21FN4O2/c1-13(2)12-24-17(9-10-22-24)23-18(25)7-8-19-21-11-16(26-19)14-3-5-15(20)6-4-14/h3-6,9-11,13H,7-8,12H2,1-2H3,(H,23,25). The molecule has 0 aliphatic rings. The molecule has 1 amide bonds. The summed E-state index contributed by atoms with van der Waals surface area (Å²) >= 11 is 0. The van der Waals surface area contributed by atoms with Gasteiger partial charge in [0.15, 0.2) is 11.7 Å². The van der Waals surface area contributed by atoms with Crippen molar-refractivity contribution in [1.82, 2.24) is 14.8 Å². The van der Waals surface area contributed by atoms with Crippen molar-refractivity contribution in [3.05, 3.63) is 54.4 Å². The Labute approximate surface area is 151 Å². The highest BCUT2D eigenvalue weighted by Crippen LogP contribution is 2.21. The van der Waals surface area contributed by atoms with Gasteiger partial charge in [0.05, 0.1) is 12.4 Å². The highest BCUT2D eigenvalue weighted by Gasteiger charge is 2.11. The number of carbonyl (C=O) groups excluding carboxylic acids is 1. The van der Waals surface area contributed by atoms with E-state index < -0.39 is 0 Å². The lowest BCUT2D eigenvalue weighted by molar-refractivity contribution is -0.116. The number of aryl methyl sites for hydroxylation is 1. The Kier molecular flexibility index (Phi) is 5.46. The van der Waals surface area contributed by atoms with Crippen LogP contribution in [0.15, 0.2) is 47.1 Å². The summed E-state index contributed by atoms with van der Waals surface area (Å²) in [6.07, 6.45) is 3.88. The van der Waals surface area contributed by atoms with Crippen LogP contribution in [0, 0.1) is 11.7 Å². The number of aromatic nitrogens is 3. The van der Waals surface area contributed by atoms with Gasteiger partial charge in [0.25, 0.3) is 0 Å². The number of anilines is 1. The second-order valence-corrected chi connectivity index (χ2v) is 6.47. The molecule has 0 bridgehead atoms. The molecule has 1 aromatic carbocycles. The maximum absolute atomic E-state index is 13.0. The lowest BCUT2D eigenvalue weighted by Crippen LogP contribution is -2.17. The highest BCUT2D eigenvalue weighted by atomic mass is 19.1. The molecule has 0 atom stereocenters. The van der Waals surface area contributed by atoms with Crippen molar-refractivity contribution >= 4 is 11.7 Å². The third kappa shape index (κ3) is 4.56. The van der Waals surface area contributed by atoms with Crippen molar-refractivity contribution in [2.24, 2.45) is 5.92 Å². The topological polar surface area (TPSA) is 73.0 Å². The van der Waals surface area contributed by atoms with Gasteiger partial charge in [0.2, 0.25) is 5.91 Å². The van der Waals surface area contributed by atoms with E-state index in [-0.39, 0.29) is 18.1 Å². The zero-order valence-corrected chi connectivity index (χ0v) is 14.8. The Hall–Kier alpha value is -2.96. The average Bonchev–Trinajstić information content (AvgIpc) is 3.23. The third-order valence-electron chi connectivity index (χ3n) is 3.77. The smallest absolute Gasteiger partial charge is 0.226 e. The van der Waals surface area contributed by atoms with E-state index in [1.54, 1.807) is 35.3 Å². The van der Waals surface area contributed by atoms with Gasteiger partial charge >= 0.3 is 0 Å². The van der Waals surface area contributed by atoms with Crippen LogP contribution < -0.4 is 5.32 Å². The second kappa shape index (κ2) is 7.95. The van der Waals surface area contributed by atoms with Gasteiger partial charge in [-0.25, -0.2) is 14.1 Å². The number of nitrogens with one attached hydrogen (secondary N) is 1. The molecular formula is C19H21FN4O2. The van der Waals surface area contributed by atoms with Crippen LogP contribution in [0.5, 0.6) is 0 Å². The summed E-state index contributed by atoms with van der Waals surface area (Å²) in [7, 11) is 0. The molecule has 0 unspecified atom stereocenters. The van der Waals surface area contributed by atoms with Crippen molar-refractivity contribution in [2.75, 3.05) is 5.32 Å². The van der Waals surface area contributed by atoms with Crippen molar-refractivity contribution in [1.29, 1.82) is 0 Å². The minimum absolute atomic E-state index is 0.128. The number of benzene rings is 1. The lowest BCUT2D eigenvalue weighted by Gasteiger charge is -2.10. The number of nitrogens with zero attached hydrogens (tertiary/aromatic N) is 3. The van der Waals surface area contributed by atoms with E-state index >= 15 is 0 Å². The molecule has 1 N–H and O–H groups in total. The number of hydrogen-bond donors (Lipinski definition) is 1. The van der Waals surface area contributed by atoms with Crippen LogP contribution in [0.3, 0.4) is 0 Å². The molecule has 0 saturated heterocycles. The fourth-order valence-corrected chi connectivity index (χ4v) is 2.53. The van der Waals surface area contributed by atoms with E-state index in [9.17, 15) is 9.18 Å². The molecule has 2 aromatic heterocycles. The molecule has 0 fully saturated rings. The Balaban J connectivity index is 1.55. The first-order valence-electron chi connectivity index (χ1n) is 8.53. The summed E-state index contributed by atoms with van der Waals surface area (Å²) in [6.45, 7) is 4.92. The SMILES string of the molecule is CC(C)Cn1nccc1NC(=O)CCc1ncc(-c2ccc(F)cc2)o1. The number of carbonyl (C=O) groups is 1.